The molecule has 0 saturated carbocycles. The molecule has 9 heteroatoms. The van der Waals surface area contributed by atoms with Crippen LogP contribution in [0.25, 0.3) is 33.0 Å². The van der Waals surface area contributed by atoms with E-state index in [1.165, 1.54) is 18.2 Å². The molecule has 0 saturated heterocycles. The van der Waals surface area contributed by atoms with Crippen LogP contribution < -0.4 is 4.18 Å². The van der Waals surface area contributed by atoms with Crippen molar-refractivity contribution in [1.82, 2.24) is 0 Å². The van der Waals surface area contributed by atoms with Crippen molar-refractivity contribution >= 4 is 32.5 Å². The molecule has 0 heterocycles. The summed E-state index contributed by atoms with van der Waals surface area (Å²) in [5, 5.41) is 1.62. The fourth-order valence-electron chi connectivity index (χ4n) is 3.19. The standard InChI is InChI=1S/C23H13ClF4O3S/c24-19-7-3-14(4-8-19)21-10-6-18(13-22(21)25)15-1-2-17-12-20(9-5-16(17)11-15)31-32(29,30)23(26,27)28/h1-13H. The molecular weight excluding hydrogens is 468 g/mol. The number of benzene rings is 4. The second-order valence-electron chi connectivity index (χ2n) is 6.91. The Kier molecular flexibility index (Phi) is 5.60. The predicted molar refractivity (Wildman–Crippen MR) is 115 cm³/mol. The minimum atomic E-state index is -5.75. The quantitative estimate of drug-likeness (QED) is 0.176. The third-order valence-corrected chi connectivity index (χ3v) is 5.99. The van der Waals surface area contributed by atoms with Crippen LogP contribution in [0.2, 0.25) is 5.02 Å². The van der Waals surface area contributed by atoms with Gasteiger partial charge in [-0.3, -0.25) is 0 Å². The van der Waals surface area contributed by atoms with Gasteiger partial charge in [0.1, 0.15) is 11.6 Å². The highest BCUT2D eigenvalue weighted by Crippen LogP contribution is 2.32. The van der Waals surface area contributed by atoms with Crippen molar-refractivity contribution in [2.75, 3.05) is 0 Å². The van der Waals surface area contributed by atoms with E-state index < -0.39 is 27.2 Å². The smallest absolute Gasteiger partial charge is 0.376 e. The van der Waals surface area contributed by atoms with Crippen LogP contribution in [0, 0.1) is 5.82 Å². The van der Waals surface area contributed by atoms with E-state index in [1.54, 1.807) is 54.6 Å². The van der Waals surface area contributed by atoms with E-state index >= 15 is 0 Å². The first kappa shape index (κ1) is 22.1. The summed E-state index contributed by atoms with van der Waals surface area (Å²) in [6.45, 7) is 0. The lowest BCUT2D eigenvalue weighted by atomic mass is 9.98. The van der Waals surface area contributed by atoms with Crippen molar-refractivity contribution in [3.63, 3.8) is 0 Å². The molecular formula is C23H13ClF4O3S. The fourth-order valence-corrected chi connectivity index (χ4v) is 3.76. The molecule has 164 valence electrons. The summed E-state index contributed by atoms with van der Waals surface area (Å²) in [6.07, 6.45) is 0. The lowest BCUT2D eigenvalue weighted by Gasteiger charge is -2.11. The Morgan fingerprint density at radius 2 is 1.28 bits per heavy atom. The van der Waals surface area contributed by atoms with E-state index in [1.807, 2.05) is 0 Å². The van der Waals surface area contributed by atoms with Gasteiger partial charge < -0.3 is 4.18 Å². The third-order valence-electron chi connectivity index (χ3n) is 4.76. The molecule has 4 aromatic carbocycles. The van der Waals surface area contributed by atoms with Gasteiger partial charge in [-0.25, -0.2) is 4.39 Å². The van der Waals surface area contributed by atoms with Crippen LogP contribution >= 0.6 is 11.6 Å². The minimum Gasteiger partial charge on any atom is -0.376 e. The molecule has 0 unspecified atom stereocenters. The SMILES string of the molecule is O=S(=O)(Oc1ccc2cc(-c3ccc(-c4ccc(Cl)cc4)c(F)c3)ccc2c1)C(F)(F)F. The fraction of sp³-hybridized carbons (Fsp3) is 0.0435. The Balaban J connectivity index is 1.64. The molecule has 0 atom stereocenters. The average Bonchev–Trinajstić information content (AvgIpc) is 2.73. The first-order valence-electron chi connectivity index (χ1n) is 9.14. The van der Waals surface area contributed by atoms with Crippen LogP contribution in [0.15, 0.2) is 78.9 Å². The number of rotatable bonds is 4. The molecule has 4 aromatic rings. The highest BCUT2D eigenvalue weighted by atomic mass is 35.5. The third kappa shape index (κ3) is 4.42. The Labute approximate surface area is 186 Å². The van der Waals surface area contributed by atoms with Crippen LogP contribution in [0.1, 0.15) is 0 Å². The number of hydrogen-bond acceptors (Lipinski definition) is 3. The van der Waals surface area contributed by atoms with Crippen molar-refractivity contribution in [2.45, 2.75) is 5.51 Å². The minimum absolute atomic E-state index is 0.416. The monoisotopic (exact) mass is 480 g/mol. The van der Waals surface area contributed by atoms with Crippen LogP contribution in [-0.4, -0.2) is 13.9 Å². The molecule has 0 aliphatic carbocycles. The molecule has 0 aromatic heterocycles. The highest BCUT2D eigenvalue weighted by Gasteiger charge is 2.48. The van der Waals surface area contributed by atoms with Gasteiger partial charge in [0.05, 0.1) is 0 Å². The van der Waals surface area contributed by atoms with Gasteiger partial charge in [-0.1, -0.05) is 54.1 Å². The Morgan fingerprint density at radius 3 is 1.94 bits per heavy atom. The van der Waals surface area contributed by atoms with Crippen LogP contribution in [0.5, 0.6) is 5.75 Å². The van der Waals surface area contributed by atoms with E-state index in [4.69, 9.17) is 11.6 Å². The van der Waals surface area contributed by atoms with E-state index in [0.717, 1.165) is 6.07 Å². The van der Waals surface area contributed by atoms with Gasteiger partial charge in [-0.05, 0) is 63.9 Å². The molecule has 0 fully saturated rings. The molecule has 0 spiro atoms. The Morgan fingerprint density at radius 1 is 0.719 bits per heavy atom. The number of alkyl halides is 3. The van der Waals surface area contributed by atoms with E-state index in [9.17, 15) is 26.0 Å². The van der Waals surface area contributed by atoms with Gasteiger partial charge in [0.2, 0.25) is 0 Å². The molecule has 0 aliphatic rings. The molecule has 0 amide bonds. The van der Waals surface area contributed by atoms with Crippen LogP contribution in [0.4, 0.5) is 17.6 Å². The molecule has 0 aliphatic heterocycles. The Bertz CT molecular complexity index is 1420. The molecule has 0 N–H and O–H groups in total. The van der Waals surface area contributed by atoms with Crippen molar-refractivity contribution in [2.24, 2.45) is 0 Å². The van der Waals surface area contributed by atoms with Crippen molar-refractivity contribution in [3.8, 4) is 28.0 Å². The first-order chi connectivity index (χ1) is 15.0. The van der Waals surface area contributed by atoms with E-state index in [0.29, 0.717) is 38.0 Å². The van der Waals surface area contributed by atoms with Crippen molar-refractivity contribution < 1.29 is 30.2 Å². The van der Waals surface area contributed by atoms with Gasteiger partial charge in [-0.15, -0.1) is 0 Å². The molecule has 4 rings (SSSR count). The number of fused-ring (bicyclic) bond motifs is 1. The summed E-state index contributed by atoms with van der Waals surface area (Å²) in [5.41, 5.74) is -3.15. The lowest BCUT2D eigenvalue weighted by Crippen LogP contribution is -2.28. The second-order valence-corrected chi connectivity index (χ2v) is 8.88. The maximum Gasteiger partial charge on any atom is 0.534 e. The topological polar surface area (TPSA) is 43.4 Å². The maximum absolute atomic E-state index is 14.7. The molecule has 0 bridgehead atoms. The highest BCUT2D eigenvalue weighted by molar-refractivity contribution is 7.88. The maximum atomic E-state index is 14.7. The Hall–Kier alpha value is -3.10. The summed E-state index contributed by atoms with van der Waals surface area (Å²) in [4.78, 5) is 0. The van der Waals surface area contributed by atoms with Crippen LogP contribution in [-0.2, 0) is 10.1 Å². The lowest BCUT2D eigenvalue weighted by molar-refractivity contribution is -0.0500. The molecule has 0 radical (unpaired) electrons. The van der Waals surface area contributed by atoms with E-state index in [-0.39, 0.29) is 0 Å². The first-order valence-corrected chi connectivity index (χ1v) is 10.9. The van der Waals surface area contributed by atoms with Gasteiger partial charge in [-0.2, -0.15) is 21.6 Å². The van der Waals surface area contributed by atoms with Crippen LogP contribution in [0.3, 0.4) is 0 Å². The van der Waals surface area contributed by atoms with Crippen molar-refractivity contribution in [3.05, 3.63) is 89.7 Å². The average molecular weight is 481 g/mol. The van der Waals surface area contributed by atoms with Gasteiger partial charge >= 0.3 is 15.6 Å². The zero-order chi connectivity index (χ0) is 23.1. The second kappa shape index (κ2) is 8.11. The zero-order valence-electron chi connectivity index (χ0n) is 16.0. The zero-order valence-corrected chi connectivity index (χ0v) is 17.6. The summed E-state index contributed by atoms with van der Waals surface area (Å²) >= 11 is 5.87. The van der Waals surface area contributed by atoms with E-state index in [2.05, 4.69) is 4.18 Å². The van der Waals surface area contributed by atoms with Gasteiger partial charge in [0.25, 0.3) is 0 Å². The summed E-state index contributed by atoms with van der Waals surface area (Å²) in [7, 11) is -5.75. The largest absolute Gasteiger partial charge is 0.534 e. The molecule has 32 heavy (non-hydrogen) atoms. The number of halogens is 5. The number of hydrogen-bond donors (Lipinski definition) is 0. The van der Waals surface area contributed by atoms with Gasteiger partial charge in [0, 0.05) is 10.6 Å². The van der Waals surface area contributed by atoms with Crippen molar-refractivity contribution in [1.29, 1.82) is 0 Å². The summed E-state index contributed by atoms with van der Waals surface area (Å²) in [6, 6.07) is 20.3. The van der Waals surface area contributed by atoms with Gasteiger partial charge in [0.15, 0.2) is 0 Å². The summed E-state index contributed by atoms with van der Waals surface area (Å²) < 4.78 is 78.8. The molecule has 3 nitrogen and oxygen atoms in total. The normalized spacial score (nSPS) is 12.2. The summed E-state index contributed by atoms with van der Waals surface area (Å²) in [5.74, 6) is -0.882. The predicted octanol–water partition coefficient (Wildman–Crippen LogP) is 7.19.